The van der Waals surface area contributed by atoms with Crippen molar-refractivity contribution in [2.24, 2.45) is 5.92 Å². The molecule has 198 valence electrons. The van der Waals surface area contributed by atoms with Gasteiger partial charge in [-0.1, -0.05) is 58.3 Å². The Balaban J connectivity index is 1.11. The molecule has 2 fully saturated rings. The van der Waals surface area contributed by atoms with E-state index in [1.54, 1.807) is 24.4 Å². The zero-order valence-electron chi connectivity index (χ0n) is 21.9. The number of hydrogen-bond donors (Lipinski definition) is 3. The molecular weight excluding hydrogens is 466 g/mol. The second-order valence-electron chi connectivity index (χ2n) is 11.0. The van der Waals surface area contributed by atoms with Crippen molar-refractivity contribution in [3.8, 4) is 17.2 Å². The first-order valence-electron chi connectivity index (χ1n) is 14.1. The third-order valence-electron chi connectivity index (χ3n) is 8.22. The number of phenols is 1. The fraction of sp³-hybridized carbons (Fsp3) is 0.567. The van der Waals surface area contributed by atoms with Crippen LogP contribution in [0.3, 0.4) is 0 Å². The van der Waals surface area contributed by atoms with Crippen LogP contribution in [0.4, 0.5) is 5.82 Å². The molecule has 2 heterocycles. The van der Waals surface area contributed by atoms with Gasteiger partial charge in [0.1, 0.15) is 23.1 Å². The Hall–Kier alpha value is -3.09. The van der Waals surface area contributed by atoms with Crippen LogP contribution in [0.15, 0.2) is 30.5 Å². The Morgan fingerprint density at radius 2 is 1.86 bits per heavy atom. The molecule has 2 aliphatic carbocycles. The molecule has 1 aromatic heterocycles. The summed E-state index contributed by atoms with van der Waals surface area (Å²) in [5.41, 5.74) is 1.52. The van der Waals surface area contributed by atoms with Gasteiger partial charge in [-0.2, -0.15) is 0 Å². The number of hydrogen-bond acceptors (Lipinski definition) is 5. The molecule has 0 saturated heterocycles. The molecule has 2 aromatic rings. The van der Waals surface area contributed by atoms with Gasteiger partial charge in [-0.25, -0.2) is 4.98 Å². The number of benzene rings is 1. The first-order chi connectivity index (χ1) is 18.0. The number of phenolic OH excluding ortho intramolecular Hbond substituents is 1. The summed E-state index contributed by atoms with van der Waals surface area (Å²) >= 11 is 0. The SMILES string of the molecule is CCCCCCCCCCCC(=O)N[C@@]12C[C@H]1[C@H]2c1cc(Oc2ccnc3c2CCC(=O)N3)ccc1O. The van der Waals surface area contributed by atoms with Gasteiger partial charge in [0.05, 0.1) is 5.54 Å². The largest absolute Gasteiger partial charge is 0.508 e. The number of aromatic nitrogens is 1. The minimum atomic E-state index is -0.188. The van der Waals surface area contributed by atoms with Crippen LogP contribution in [0.2, 0.25) is 0 Å². The minimum Gasteiger partial charge on any atom is -0.508 e. The van der Waals surface area contributed by atoms with Crippen molar-refractivity contribution in [3.05, 3.63) is 41.6 Å². The lowest BCUT2D eigenvalue weighted by Gasteiger charge is -2.20. The van der Waals surface area contributed by atoms with Gasteiger partial charge in [-0.3, -0.25) is 9.59 Å². The monoisotopic (exact) mass is 505 g/mol. The fourth-order valence-electron chi connectivity index (χ4n) is 5.87. The highest BCUT2D eigenvalue weighted by atomic mass is 16.5. The van der Waals surface area contributed by atoms with Crippen LogP contribution in [0.25, 0.3) is 0 Å². The van der Waals surface area contributed by atoms with Crippen molar-refractivity contribution < 1.29 is 19.4 Å². The van der Waals surface area contributed by atoms with E-state index in [4.69, 9.17) is 4.74 Å². The third-order valence-corrected chi connectivity index (χ3v) is 8.22. The molecule has 37 heavy (non-hydrogen) atoms. The number of amides is 2. The maximum absolute atomic E-state index is 12.6. The quantitative estimate of drug-likeness (QED) is 0.260. The number of unbranched alkanes of at least 4 members (excludes halogenated alkanes) is 8. The summed E-state index contributed by atoms with van der Waals surface area (Å²) in [4.78, 5) is 28.6. The van der Waals surface area contributed by atoms with E-state index >= 15 is 0 Å². The normalized spacial score (nSPS) is 23.0. The number of anilines is 1. The van der Waals surface area contributed by atoms with Crippen LogP contribution in [-0.2, 0) is 16.0 Å². The summed E-state index contributed by atoms with van der Waals surface area (Å²) < 4.78 is 6.17. The standard InChI is InChI=1S/C30H39N3O4/c1-2-3-4-5-6-7-8-9-10-11-27(36)33-30-19-23(30)28(30)22-18-20(12-14-24(22)34)37-25-16-17-31-29-21(25)13-15-26(35)32-29/h12,14,16-18,23,28,34H,2-11,13,15,19H2,1H3,(H,33,36)(H,31,32,35)/t23-,28+,30-/m0/s1. The molecule has 3 aliphatic rings. The average molecular weight is 506 g/mol. The smallest absolute Gasteiger partial charge is 0.225 e. The lowest BCUT2D eigenvalue weighted by molar-refractivity contribution is -0.121. The Morgan fingerprint density at radius 1 is 1.11 bits per heavy atom. The number of aromatic hydroxyl groups is 1. The third kappa shape index (κ3) is 5.76. The molecular formula is C30H39N3O4. The van der Waals surface area contributed by atoms with Crippen LogP contribution >= 0.6 is 0 Å². The average Bonchev–Trinajstić information content (AvgIpc) is 3.74. The first kappa shape index (κ1) is 25.6. The van der Waals surface area contributed by atoms with Gasteiger partial charge in [0, 0.05) is 36.1 Å². The fourth-order valence-corrected chi connectivity index (χ4v) is 5.87. The van der Waals surface area contributed by atoms with Crippen molar-refractivity contribution in [2.45, 2.75) is 102 Å². The van der Waals surface area contributed by atoms with E-state index in [0.29, 0.717) is 42.5 Å². The second-order valence-corrected chi connectivity index (χ2v) is 11.0. The maximum atomic E-state index is 12.6. The first-order valence-corrected chi connectivity index (χ1v) is 14.1. The van der Waals surface area contributed by atoms with E-state index in [2.05, 4.69) is 22.5 Å². The zero-order valence-corrected chi connectivity index (χ0v) is 21.9. The van der Waals surface area contributed by atoms with Gasteiger partial charge >= 0.3 is 0 Å². The summed E-state index contributed by atoms with van der Waals surface area (Å²) in [7, 11) is 0. The van der Waals surface area contributed by atoms with Crippen molar-refractivity contribution in [3.63, 3.8) is 0 Å². The number of carbonyl (C=O) groups excluding carboxylic acids is 2. The summed E-state index contributed by atoms with van der Waals surface area (Å²) in [6, 6.07) is 7.09. The molecule has 3 N–H and O–H groups in total. The highest BCUT2D eigenvalue weighted by molar-refractivity contribution is 5.93. The molecule has 5 rings (SSSR count). The van der Waals surface area contributed by atoms with Crippen molar-refractivity contribution in [2.75, 3.05) is 5.32 Å². The zero-order chi connectivity index (χ0) is 25.8. The van der Waals surface area contributed by atoms with E-state index < -0.39 is 0 Å². The lowest BCUT2D eigenvalue weighted by Crippen LogP contribution is -2.32. The van der Waals surface area contributed by atoms with Crippen LogP contribution in [0, 0.1) is 5.92 Å². The molecule has 7 heteroatoms. The Bertz CT molecular complexity index is 1150. The number of nitrogens with one attached hydrogen (secondary N) is 2. The molecule has 2 amide bonds. The highest BCUT2D eigenvalue weighted by Gasteiger charge is 2.80. The van der Waals surface area contributed by atoms with E-state index in [1.807, 2.05) is 6.07 Å². The molecule has 1 aromatic carbocycles. The Morgan fingerprint density at radius 3 is 2.62 bits per heavy atom. The van der Waals surface area contributed by atoms with Gasteiger partial charge in [0.2, 0.25) is 11.8 Å². The number of ether oxygens (including phenoxy) is 1. The molecule has 3 atom stereocenters. The number of nitrogens with zero attached hydrogens (tertiary/aromatic N) is 1. The van der Waals surface area contributed by atoms with Crippen molar-refractivity contribution >= 4 is 17.6 Å². The summed E-state index contributed by atoms with van der Waals surface area (Å²) in [5.74, 6) is 2.68. The highest BCUT2D eigenvalue weighted by Crippen LogP contribution is 2.77. The topological polar surface area (TPSA) is 101 Å². The predicted molar refractivity (Wildman–Crippen MR) is 143 cm³/mol. The van der Waals surface area contributed by atoms with Gasteiger partial charge in [0.25, 0.3) is 0 Å². The van der Waals surface area contributed by atoms with Crippen LogP contribution in [-0.4, -0.2) is 27.4 Å². The summed E-state index contributed by atoms with van der Waals surface area (Å²) in [6.45, 7) is 2.24. The van der Waals surface area contributed by atoms with Gasteiger partial charge in [-0.05, 0) is 49.4 Å². The second kappa shape index (κ2) is 11.1. The molecule has 0 spiro atoms. The van der Waals surface area contributed by atoms with Gasteiger partial charge in [0.15, 0.2) is 0 Å². The Kier molecular flexibility index (Phi) is 7.68. The van der Waals surface area contributed by atoms with Crippen LogP contribution in [0.1, 0.15) is 101 Å². The van der Waals surface area contributed by atoms with E-state index in [1.165, 1.54) is 44.9 Å². The van der Waals surface area contributed by atoms with Crippen LogP contribution < -0.4 is 15.4 Å². The van der Waals surface area contributed by atoms with E-state index in [0.717, 1.165) is 30.4 Å². The van der Waals surface area contributed by atoms with E-state index in [-0.39, 0.29) is 29.0 Å². The molecule has 1 aliphatic heterocycles. The molecule has 2 saturated carbocycles. The number of carbonyl (C=O) groups is 2. The number of pyridine rings is 1. The molecule has 0 radical (unpaired) electrons. The number of fused-ring (bicyclic) bond motifs is 2. The molecule has 7 nitrogen and oxygen atoms in total. The maximum Gasteiger partial charge on any atom is 0.225 e. The summed E-state index contributed by atoms with van der Waals surface area (Å²) in [5, 5.41) is 16.7. The van der Waals surface area contributed by atoms with Crippen LogP contribution in [0.5, 0.6) is 17.2 Å². The van der Waals surface area contributed by atoms with Crippen molar-refractivity contribution in [1.29, 1.82) is 0 Å². The summed E-state index contributed by atoms with van der Waals surface area (Å²) in [6.07, 6.45) is 15.3. The minimum absolute atomic E-state index is 0.0396. The lowest BCUT2D eigenvalue weighted by atomic mass is 9.99. The van der Waals surface area contributed by atoms with Gasteiger partial charge in [-0.15, -0.1) is 0 Å². The Labute approximate surface area is 219 Å². The van der Waals surface area contributed by atoms with E-state index in [9.17, 15) is 14.7 Å². The molecule has 0 unspecified atom stereocenters. The number of rotatable bonds is 14. The van der Waals surface area contributed by atoms with Crippen molar-refractivity contribution in [1.82, 2.24) is 10.3 Å². The predicted octanol–water partition coefficient (Wildman–Crippen LogP) is 6.36. The van der Waals surface area contributed by atoms with Gasteiger partial charge < -0.3 is 20.5 Å². The molecule has 0 bridgehead atoms.